The van der Waals surface area contributed by atoms with Crippen LogP contribution in [-0.4, -0.2) is 30.2 Å². The van der Waals surface area contributed by atoms with E-state index in [0.717, 1.165) is 30.4 Å². The Bertz CT molecular complexity index is 421. The molecule has 4 nitrogen and oxygen atoms in total. The number of nitrogens with one attached hydrogen (secondary N) is 1. The molecule has 1 fully saturated rings. The molecule has 0 saturated heterocycles. The Morgan fingerprint density at radius 1 is 1.44 bits per heavy atom. The van der Waals surface area contributed by atoms with Crippen LogP contribution in [0.5, 0.6) is 0 Å². The van der Waals surface area contributed by atoms with Gasteiger partial charge in [-0.3, -0.25) is 0 Å². The van der Waals surface area contributed by atoms with Gasteiger partial charge in [0.2, 0.25) is 0 Å². The largest absolute Gasteiger partial charge is 0.384 e. The minimum absolute atomic E-state index is 0.438. The highest BCUT2D eigenvalue weighted by Gasteiger charge is 2.28. The van der Waals surface area contributed by atoms with E-state index in [1.807, 2.05) is 6.92 Å². The molecule has 1 aliphatic rings. The average molecular weight is 270 g/mol. The molecule has 1 N–H and O–H groups in total. The van der Waals surface area contributed by atoms with E-state index in [-0.39, 0.29) is 0 Å². The van der Waals surface area contributed by atoms with E-state index in [1.54, 1.807) is 7.11 Å². The number of halogens is 1. The fourth-order valence-corrected chi connectivity index (χ4v) is 1.99. The number of aromatic nitrogens is 2. The summed E-state index contributed by atoms with van der Waals surface area (Å²) >= 11 is 6.15. The van der Waals surface area contributed by atoms with E-state index in [1.165, 1.54) is 12.8 Å². The van der Waals surface area contributed by atoms with Crippen LogP contribution >= 0.6 is 11.6 Å². The molecule has 0 aliphatic heterocycles. The summed E-state index contributed by atoms with van der Waals surface area (Å²) in [6.45, 7) is 5.64. The predicted molar refractivity (Wildman–Crippen MR) is 73.3 cm³/mol. The van der Waals surface area contributed by atoms with Crippen molar-refractivity contribution in [3.8, 4) is 0 Å². The van der Waals surface area contributed by atoms with E-state index in [9.17, 15) is 0 Å². The lowest BCUT2D eigenvalue weighted by molar-refractivity contribution is 0.164. The molecule has 0 aromatic carbocycles. The zero-order chi connectivity index (χ0) is 13.1. The zero-order valence-electron chi connectivity index (χ0n) is 11.2. The van der Waals surface area contributed by atoms with Gasteiger partial charge in [0, 0.05) is 25.1 Å². The molecule has 1 unspecified atom stereocenters. The molecule has 0 amide bonds. The third-order valence-corrected chi connectivity index (χ3v) is 3.48. The second-order valence-corrected chi connectivity index (χ2v) is 5.42. The first-order chi connectivity index (χ1) is 8.61. The number of anilines is 1. The molecule has 1 aromatic heterocycles. The summed E-state index contributed by atoms with van der Waals surface area (Å²) in [7, 11) is 1.72. The van der Waals surface area contributed by atoms with Crippen molar-refractivity contribution in [1.82, 2.24) is 9.97 Å². The molecule has 18 heavy (non-hydrogen) atoms. The van der Waals surface area contributed by atoms with Crippen molar-refractivity contribution in [3.05, 3.63) is 16.5 Å². The van der Waals surface area contributed by atoms with Crippen LogP contribution in [0.25, 0.3) is 0 Å². The Morgan fingerprint density at radius 2 is 2.17 bits per heavy atom. The van der Waals surface area contributed by atoms with E-state index in [0.29, 0.717) is 17.0 Å². The lowest BCUT2D eigenvalue weighted by atomic mass is 10.2. The van der Waals surface area contributed by atoms with Gasteiger partial charge in [0.25, 0.3) is 0 Å². The maximum absolute atomic E-state index is 6.15. The van der Waals surface area contributed by atoms with Crippen molar-refractivity contribution in [3.63, 3.8) is 0 Å². The van der Waals surface area contributed by atoms with Crippen LogP contribution in [0.4, 0.5) is 5.82 Å². The molecule has 0 radical (unpaired) electrons. The number of hydrogen-bond acceptors (Lipinski definition) is 4. The van der Waals surface area contributed by atoms with Crippen LogP contribution in [0.3, 0.4) is 0 Å². The molecule has 1 heterocycles. The van der Waals surface area contributed by atoms with Crippen molar-refractivity contribution < 1.29 is 4.74 Å². The summed E-state index contributed by atoms with van der Waals surface area (Å²) in [5.74, 6) is 2.69. The second kappa shape index (κ2) is 5.85. The Labute approximate surface area is 113 Å². The minimum Gasteiger partial charge on any atom is -0.384 e. The lowest BCUT2D eigenvalue weighted by Crippen LogP contribution is -2.17. The molecule has 5 heteroatoms. The van der Waals surface area contributed by atoms with Crippen molar-refractivity contribution in [2.75, 3.05) is 25.6 Å². The summed E-state index contributed by atoms with van der Waals surface area (Å²) in [6, 6.07) is 0. The molecule has 1 atom stereocenters. The number of nitrogens with zero attached hydrogens (tertiary/aromatic N) is 2. The van der Waals surface area contributed by atoms with Crippen LogP contribution in [0, 0.1) is 12.8 Å². The topological polar surface area (TPSA) is 47.0 Å². The Morgan fingerprint density at radius 3 is 2.78 bits per heavy atom. The van der Waals surface area contributed by atoms with Gasteiger partial charge in [0.1, 0.15) is 16.8 Å². The summed E-state index contributed by atoms with van der Waals surface area (Å²) in [6.07, 6.45) is 2.36. The highest BCUT2D eigenvalue weighted by molar-refractivity contribution is 6.30. The molecule has 100 valence electrons. The van der Waals surface area contributed by atoms with Crippen LogP contribution in [0.15, 0.2) is 0 Å². The fraction of sp³-hybridized carbons (Fsp3) is 0.692. The molecule has 0 bridgehead atoms. The van der Waals surface area contributed by atoms with Gasteiger partial charge in [0.15, 0.2) is 0 Å². The molecule has 1 aliphatic carbocycles. The first-order valence-corrected chi connectivity index (χ1v) is 6.76. The van der Waals surface area contributed by atoms with Crippen molar-refractivity contribution >= 4 is 17.4 Å². The third-order valence-electron chi connectivity index (χ3n) is 3.12. The molecule has 0 spiro atoms. The van der Waals surface area contributed by atoms with Crippen molar-refractivity contribution in [2.24, 2.45) is 5.92 Å². The van der Waals surface area contributed by atoms with Gasteiger partial charge in [0.05, 0.1) is 6.61 Å². The maximum Gasteiger partial charge on any atom is 0.137 e. The Hall–Kier alpha value is -0.870. The standard InChI is InChI=1S/C13H20ClN3O/c1-8(7-18-3)6-15-12-9(2)11(14)16-13(17-12)10-4-5-10/h8,10H,4-7H2,1-3H3,(H,15,16,17). The SMILES string of the molecule is COCC(C)CNc1nc(C2CC2)nc(Cl)c1C. The number of hydrogen-bond donors (Lipinski definition) is 1. The van der Waals surface area contributed by atoms with Crippen LogP contribution in [0.2, 0.25) is 5.15 Å². The maximum atomic E-state index is 6.15. The number of ether oxygens (including phenoxy) is 1. The first kappa shape index (κ1) is 13.6. The third kappa shape index (κ3) is 3.33. The van der Waals surface area contributed by atoms with E-state index < -0.39 is 0 Å². The number of methoxy groups -OCH3 is 1. The normalized spacial score (nSPS) is 16.7. The average Bonchev–Trinajstić information content (AvgIpc) is 3.15. The Balaban J connectivity index is 2.06. The lowest BCUT2D eigenvalue weighted by Gasteiger charge is -2.14. The van der Waals surface area contributed by atoms with Gasteiger partial charge in [-0.05, 0) is 25.7 Å². The Kier molecular flexibility index (Phi) is 4.40. The molecular weight excluding hydrogens is 250 g/mol. The predicted octanol–water partition coefficient (Wildman–Crippen LogP) is 3.01. The first-order valence-electron chi connectivity index (χ1n) is 6.38. The van der Waals surface area contributed by atoms with E-state index in [4.69, 9.17) is 16.3 Å². The van der Waals surface area contributed by atoms with Crippen LogP contribution in [0.1, 0.15) is 37.1 Å². The second-order valence-electron chi connectivity index (χ2n) is 5.06. The van der Waals surface area contributed by atoms with Gasteiger partial charge >= 0.3 is 0 Å². The van der Waals surface area contributed by atoms with Crippen molar-refractivity contribution in [2.45, 2.75) is 32.6 Å². The highest BCUT2D eigenvalue weighted by Crippen LogP contribution is 2.39. The van der Waals surface area contributed by atoms with Gasteiger partial charge in [-0.25, -0.2) is 9.97 Å². The van der Waals surface area contributed by atoms with Gasteiger partial charge in [-0.1, -0.05) is 18.5 Å². The highest BCUT2D eigenvalue weighted by atomic mass is 35.5. The molecule has 2 rings (SSSR count). The van der Waals surface area contributed by atoms with E-state index >= 15 is 0 Å². The molecule has 1 saturated carbocycles. The fourth-order valence-electron chi connectivity index (χ4n) is 1.82. The monoisotopic (exact) mass is 269 g/mol. The van der Waals surface area contributed by atoms with E-state index in [2.05, 4.69) is 22.2 Å². The smallest absolute Gasteiger partial charge is 0.137 e. The van der Waals surface area contributed by atoms with Gasteiger partial charge in [-0.2, -0.15) is 0 Å². The summed E-state index contributed by atoms with van der Waals surface area (Å²) < 4.78 is 5.12. The molecule has 1 aromatic rings. The zero-order valence-corrected chi connectivity index (χ0v) is 11.9. The van der Waals surface area contributed by atoms with Gasteiger partial charge < -0.3 is 10.1 Å². The quantitative estimate of drug-likeness (QED) is 0.807. The number of rotatable bonds is 6. The van der Waals surface area contributed by atoms with Crippen LogP contribution < -0.4 is 5.32 Å². The summed E-state index contributed by atoms with van der Waals surface area (Å²) in [4.78, 5) is 8.93. The minimum atomic E-state index is 0.438. The van der Waals surface area contributed by atoms with Gasteiger partial charge in [-0.15, -0.1) is 0 Å². The summed E-state index contributed by atoms with van der Waals surface area (Å²) in [5, 5.41) is 3.91. The van der Waals surface area contributed by atoms with Crippen LogP contribution in [-0.2, 0) is 4.74 Å². The van der Waals surface area contributed by atoms with Crippen molar-refractivity contribution in [1.29, 1.82) is 0 Å². The molecular formula is C13H20ClN3O. The summed E-state index contributed by atoms with van der Waals surface area (Å²) in [5.41, 5.74) is 0.922.